The number of H-pyrrole nitrogens is 1. The van der Waals surface area contributed by atoms with Crippen LogP contribution in [0.3, 0.4) is 0 Å². The topological polar surface area (TPSA) is 276 Å². The van der Waals surface area contributed by atoms with Crippen LogP contribution in [-0.2, 0) is 23.6 Å². The molecule has 0 bridgehead atoms. The summed E-state index contributed by atoms with van der Waals surface area (Å²) in [5.41, 5.74) is 17.0. The molecule has 0 atom stereocenters. The quantitative estimate of drug-likeness (QED) is 0.0113. The first kappa shape index (κ1) is 45.7. The third-order valence-corrected chi connectivity index (χ3v) is 12.1. The number of azo groups is 1. The van der Waals surface area contributed by atoms with Crippen LogP contribution in [0.15, 0.2) is 122 Å². The number of hydrazine groups is 1. The molecule has 0 radical (unpaired) electrons. The maximum absolute atomic E-state index is 13.6. The summed E-state index contributed by atoms with van der Waals surface area (Å²) in [6, 6.07) is 23.8. The lowest BCUT2D eigenvalue weighted by Gasteiger charge is -2.21. The zero-order chi connectivity index (χ0) is 45.8. The fourth-order valence-electron chi connectivity index (χ4n) is 6.27. The van der Waals surface area contributed by atoms with Gasteiger partial charge in [-0.1, -0.05) is 83.2 Å². The van der Waals surface area contributed by atoms with Crippen LogP contribution in [0.4, 0.5) is 28.1 Å². The number of carbonyl (C=O) groups excluding carboxylic acids is 1. The molecule has 5 heterocycles. The highest BCUT2D eigenvalue weighted by molar-refractivity contribution is 7.98. The Labute approximate surface area is 394 Å². The van der Waals surface area contributed by atoms with Crippen LogP contribution in [0.2, 0.25) is 5.02 Å². The number of ether oxygens (including phenoxy) is 1. The van der Waals surface area contributed by atoms with Crippen molar-refractivity contribution in [3.8, 4) is 27.6 Å². The van der Waals surface area contributed by atoms with Gasteiger partial charge in [-0.3, -0.25) is 19.7 Å². The second kappa shape index (κ2) is 21.9. The predicted molar refractivity (Wildman–Crippen MR) is 258 cm³/mol. The zero-order valence-corrected chi connectivity index (χ0v) is 38.2. The van der Waals surface area contributed by atoms with Crippen LogP contribution >= 0.6 is 46.0 Å². The standard InChI is InChI=1S/C42H42ClN17O3S3/c43-30-12-6-26(7-13-30)22-59(46)37-33(45)36(47-15-14-44)51-41(52-37)65-24-31-23-58(57-53-31)18-20-63-19-16-48-38(61)29-10-8-27(9-11-29)32-25-66-42(50-32)60-39(62)35(54-55-40-49-17-21-64-40)34(56-60)28-4-2-1-3-5-28/h1-13,17,21,23,25,56H,14-16,18-20,22,24,44-46H2,(H,48,61)(H,47,51,52). The molecule has 338 valence electrons. The Hall–Kier alpha value is -6.86. The maximum Gasteiger partial charge on any atom is 0.301 e. The average molecular weight is 965 g/mol. The van der Waals surface area contributed by atoms with E-state index in [1.54, 1.807) is 40.5 Å². The van der Waals surface area contributed by atoms with Crippen molar-refractivity contribution in [2.75, 3.05) is 48.9 Å². The number of rotatable bonds is 21. The predicted octanol–water partition coefficient (Wildman–Crippen LogP) is 6.43. The molecule has 8 aromatic rings. The third kappa shape index (κ3) is 11.5. The second-order valence-corrected chi connectivity index (χ2v) is 17.2. The van der Waals surface area contributed by atoms with Gasteiger partial charge >= 0.3 is 5.56 Å². The molecular weight excluding hydrogens is 922 g/mol. The molecule has 8 rings (SSSR count). The number of nitrogens with zero attached hydrogens (tertiary/aromatic N) is 11. The summed E-state index contributed by atoms with van der Waals surface area (Å²) in [5.74, 6) is 7.43. The van der Waals surface area contributed by atoms with Crippen molar-refractivity contribution in [1.29, 1.82) is 0 Å². The molecule has 0 saturated heterocycles. The van der Waals surface area contributed by atoms with Crippen molar-refractivity contribution >= 4 is 80.1 Å². The summed E-state index contributed by atoms with van der Waals surface area (Å²) < 4.78 is 8.81. The lowest BCUT2D eigenvalue weighted by atomic mass is 10.1. The summed E-state index contributed by atoms with van der Waals surface area (Å²) in [5, 5.41) is 33.2. The lowest BCUT2D eigenvalue weighted by Crippen LogP contribution is -2.32. The number of nitrogens with two attached hydrogens (primary N) is 3. The van der Waals surface area contributed by atoms with Crippen LogP contribution in [0.25, 0.3) is 27.6 Å². The fraction of sp³-hybridized carbons (Fsp3) is 0.190. The van der Waals surface area contributed by atoms with E-state index in [0.717, 1.165) is 16.7 Å². The number of halogens is 1. The molecule has 0 aliphatic carbocycles. The molecule has 9 N–H and O–H groups in total. The van der Waals surface area contributed by atoms with Gasteiger partial charge in [0.25, 0.3) is 5.91 Å². The third-order valence-electron chi connectivity index (χ3n) is 9.52. The average Bonchev–Trinajstić information content (AvgIpc) is 4.18. The molecule has 0 aliphatic heterocycles. The lowest BCUT2D eigenvalue weighted by molar-refractivity contribution is 0.0905. The smallest absolute Gasteiger partial charge is 0.301 e. The van der Waals surface area contributed by atoms with Crippen LogP contribution < -0.4 is 38.5 Å². The molecule has 0 spiro atoms. The SMILES string of the molecule is NCCNc1nc(SCc2cn(CCOCCNC(=O)c3ccc(-c4csc(-n5[nH]c(-c6ccccc6)c(N=Nc6nccs6)c5=O)n4)cc3)nn2)nc(N(N)Cc2ccc(Cl)cc2)c1N. The minimum absolute atomic E-state index is 0.143. The summed E-state index contributed by atoms with van der Waals surface area (Å²) in [7, 11) is 0. The first-order chi connectivity index (χ1) is 32.2. The van der Waals surface area contributed by atoms with Gasteiger partial charge in [0.1, 0.15) is 5.69 Å². The van der Waals surface area contributed by atoms with E-state index in [0.29, 0.717) is 112 Å². The van der Waals surface area contributed by atoms with E-state index >= 15 is 0 Å². The van der Waals surface area contributed by atoms with Crippen molar-refractivity contribution in [2.24, 2.45) is 21.8 Å². The molecule has 0 saturated carbocycles. The Balaban J connectivity index is 0.795. The number of nitrogen functional groups attached to an aromatic ring is 1. The number of nitrogens with one attached hydrogen (secondary N) is 3. The number of thioether (sulfide) groups is 1. The van der Waals surface area contributed by atoms with Crippen LogP contribution in [0.1, 0.15) is 21.6 Å². The van der Waals surface area contributed by atoms with Gasteiger partial charge in [-0.15, -0.1) is 38.0 Å². The van der Waals surface area contributed by atoms with Gasteiger partial charge in [0.05, 0.1) is 43.4 Å². The summed E-state index contributed by atoms with van der Waals surface area (Å²) in [6.45, 7) is 2.62. The number of carbonyl (C=O) groups is 1. The van der Waals surface area contributed by atoms with Gasteiger partial charge in [-0.25, -0.2) is 30.5 Å². The number of aromatic nitrogens is 9. The van der Waals surface area contributed by atoms with Crippen LogP contribution in [0, 0.1) is 0 Å². The summed E-state index contributed by atoms with van der Waals surface area (Å²) in [4.78, 5) is 44.6. The Kier molecular flexibility index (Phi) is 15.2. The molecule has 0 aliphatic rings. The van der Waals surface area contributed by atoms with Crippen molar-refractivity contribution in [1.82, 2.24) is 50.0 Å². The Morgan fingerprint density at radius 3 is 2.56 bits per heavy atom. The number of thiazole rings is 2. The molecule has 3 aromatic carbocycles. The molecule has 0 fully saturated rings. The van der Waals surface area contributed by atoms with E-state index in [1.807, 2.05) is 66.2 Å². The highest BCUT2D eigenvalue weighted by Crippen LogP contribution is 2.32. The Bertz CT molecular complexity index is 2940. The van der Waals surface area contributed by atoms with Gasteiger partial charge < -0.3 is 26.8 Å². The normalized spacial score (nSPS) is 11.4. The molecule has 66 heavy (non-hydrogen) atoms. The number of hydrogen-bond acceptors (Lipinski definition) is 19. The van der Waals surface area contributed by atoms with Gasteiger partial charge in [-0.2, -0.15) is 4.68 Å². The fourth-order valence-corrected chi connectivity index (χ4v) is 8.36. The van der Waals surface area contributed by atoms with Crippen molar-refractivity contribution in [3.05, 3.63) is 134 Å². The Morgan fingerprint density at radius 2 is 1.79 bits per heavy atom. The van der Waals surface area contributed by atoms with E-state index in [4.69, 9.17) is 38.6 Å². The van der Waals surface area contributed by atoms with E-state index < -0.39 is 5.56 Å². The zero-order valence-electron chi connectivity index (χ0n) is 35.0. The highest BCUT2D eigenvalue weighted by atomic mass is 35.5. The van der Waals surface area contributed by atoms with E-state index in [-0.39, 0.29) is 11.6 Å². The van der Waals surface area contributed by atoms with Crippen LogP contribution in [-0.4, -0.2) is 83.5 Å². The molecular formula is C42H42ClN17O3S3. The van der Waals surface area contributed by atoms with E-state index in [2.05, 4.69) is 51.2 Å². The number of aromatic amines is 1. The number of hydrogen-bond donors (Lipinski definition) is 6. The Morgan fingerprint density at radius 1 is 0.970 bits per heavy atom. The minimum Gasteiger partial charge on any atom is -0.393 e. The molecule has 1 amide bonds. The summed E-state index contributed by atoms with van der Waals surface area (Å²) >= 11 is 10.0. The largest absolute Gasteiger partial charge is 0.393 e. The van der Waals surface area contributed by atoms with Crippen LogP contribution in [0.5, 0.6) is 0 Å². The van der Waals surface area contributed by atoms with E-state index in [9.17, 15) is 9.59 Å². The first-order valence-electron chi connectivity index (χ1n) is 20.3. The number of anilines is 3. The van der Waals surface area contributed by atoms with Gasteiger partial charge in [0.2, 0.25) is 10.3 Å². The molecule has 20 nitrogen and oxygen atoms in total. The van der Waals surface area contributed by atoms with Gasteiger partial charge in [0, 0.05) is 70.3 Å². The van der Waals surface area contributed by atoms with Gasteiger partial charge in [-0.05, 0) is 29.8 Å². The van der Waals surface area contributed by atoms with Crippen molar-refractivity contribution < 1.29 is 9.53 Å². The van der Waals surface area contributed by atoms with Crippen molar-refractivity contribution in [3.63, 3.8) is 0 Å². The molecule has 5 aromatic heterocycles. The number of amides is 1. The highest BCUT2D eigenvalue weighted by Gasteiger charge is 2.20. The second-order valence-electron chi connectivity index (χ2n) is 14.1. The monoisotopic (exact) mass is 963 g/mol. The van der Waals surface area contributed by atoms with E-state index in [1.165, 1.54) is 44.1 Å². The first-order valence-corrected chi connectivity index (χ1v) is 23.4. The number of benzene rings is 3. The maximum atomic E-state index is 13.6. The molecule has 24 heteroatoms. The minimum atomic E-state index is -0.399. The van der Waals surface area contributed by atoms with Crippen molar-refractivity contribution in [2.45, 2.75) is 24.0 Å². The molecule has 0 unspecified atom stereocenters. The van der Waals surface area contributed by atoms with Gasteiger partial charge in [0.15, 0.2) is 22.5 Å². The summed E-state index contributed by atoms with van der Waals surface area (Å²) in [6.07, 6.45) is 3.45.